The van der Waals surface area contributed by atoms with E-state index in [4.69, 9.17) is 0 Å². The molecule has 2 heterocycles. The fraction of sp³-hybridized carbons (Fsp3) is 0.481. The number of hydrogen-bond acceptors (Lipinski definition) is 4. The fourth-order valence-electron chi connectivity index (χ4n) is 5.10. The zero-order valence-corrected chi connectivity index (χ0v) is 21.4. The Hall–Kier alpha value is -2.77. The first-order chi connectivity index (χ1) is 16.4. The van der Waals surface area contributed by atoms with Gasteiger partial charge in [-0.15, -0.1) is 12.4 Å². The van der Waals surface area contributed by atoms with E-state index in [1.165, 1.54) is 44.2 Å². The standard InChI is InChI=1S/C27H35N3O4.ClH/c1-3-4-5-6-7-8-12-28-16-19-13-18-14-21-17(15-22(18)30(19)2)10-9-11-20-24(21)29-26(32)23(25(20)31)27(33)34;/h13-15,28H,3-12,16H2,1-2H3,(H,33,34)(H2,29,31,32);1H. The molecule has 0 aliphatic heterocycles. The fourth-order valence-corrected chi connectivity index (χ4v) is 5.10. The number of aryl methyl sites for hydroxylation is 2. The third-order valence-corrected chi connectivity index (χ3v) is 7.03. The maximum atomic E-state index is 12.4. The van der Waals surface area contributed by atoms with Crippen molar-refractivity contribution in [2.24, 2.45) is 7.05 Å². The molecule has 0 spiro atoms. The average molecular weight is 502 g/mol. The number of carboxylic acids is 1. The van der Waals surface area contributed by atoms with Crippen molar-refractivity contribution in [2.45, 2.75) is 71.3 Å². The molecule has 0 amide bonds. The van der Waals surface area contributed by atoms with Crippen LogP contribution in [0.2, 0.25) is 0 Å². The Balaban J connectivity index is 0.00000342. The minimum atomic E-state index is -1.41. The largest absolute Gasteiger partial charge is 0.506 e. The van der Waals surface area contributed by atoms with E-state index >= 15 is 0 Å². The van der Waals surface area contributed by atoms with Crippen LogP contribution in [0.5, 0.6) is 5.75 Å². The Labute approximate surface area is 212 Å². The molecule has 0 atom stereocenters. The molecule has 8 heteroatoms. The number of aromatic hydroxyl groups is 1. The van der Waals surface area contributed by atoms with Crippen LogP contribution in [-0.4, -0.2) is 32.3 Å². The summed E-state index contributed by atoms with van der Waals surface area (Å²) in [5.74, 6) is -1.82. The summed E-state index contributed by atoms with van der Waals surface area (Å²) in [6.07, 6.45) is 9.76. The van der Waals surface area contributed by atoms with Crippen LogP contribution in [0.3, 0.4) is 0 Å². The number of nitrogens with one attached hydrogen (secondary N) is 2. The van der Waals surface area contributed by atoms with Crippen molar-refractivity contribution >= 4 is 29.3 Å². The smallest absolute Gasteiger partial charge is 0.345 e. The third-order valence-electron chi connectivity index (χ3n) is 7.03. The SMILES string of the molecule is CCCCCCCCNCc1cc2cc3c(cc2n1C)CCCc1c-3[nH]c(=O)c(C(=O)O)c1O.Cl. The van der Waals surface area contributed by atoms with E-state index in [-0.39, 0.29) is 12.4 Å². The highest BCUT2D eigenvalue weighted by Gasteiger charge is 2.26. The number of rotatable bonds is 10. The molecule has 4 N–H and O–H groups in total. The second-order valence-corrected chi connectivity index (χ2v) is 9.40. The van der Waals surface area contributed by atoms with E-state index in [1.807, 2.05) is 0 Å². The van der Waals surface area contributed by atoms with Crippen LogP contribution in [0.15, 0.2) is 23.0 Å². The second-order valence-electron chi connectivity index (χ2n) is 9.40. The highest BCUT2D eigenvalue weighted by atomic mass is 35.5. The van der Waals surface area contributed by atoms with E-state index in [9.17, 15) is 19.8 Å². The molecule has 1 aliphatic rings. The Bertz CT molecular complexity index is 1260. The molecule has 7 nitrogen and oxygen atoms in total. The lowest BCUT2D eigenvalue weighted by atomic mass is 9.98. The van der Waals surface area contributed by atoms with Crippen LogP contribution in [0, 0.1) is 0 Å². The molecular weight excluding hydrogens is 466 g/mol. The van der Waals surface area contributed by atoms with Crippen LogP contribution >= 0.6 is 12.4 Å². The number of hydrogen-bond donors (Lipinski definition) is 4. The van der Waals surface area contributed by atoms with Gasteiger partial charge in [0, 0.05) is 41.3 Å². The van der Waals surface area contributed by atoms with Gasteiger partial charge in [0.2, 0.25) is 0 Å². The van der Waals surface area contributed by atoms with Gasteiger partial charge >= 0.3 is 5.97 Å². The number of aromatic nitrogens is 2. The molecule has 190 valence electrons. The summed E-state index contributed by atoms with van der Waals surface area (Å²) in [5, 5.41) is 24.6. The average Bonchev–Trinajstić information content (AvgIpc) is 2.98. The topological polar surface area (TPSA) is 107 Å². The summed E-state index contributed by atoms with van der Waals surface area (Å²) in [4.78, 5) is 26.7. The molecule has 2 aromatic heterocycles. The molecule has 0 saturated heterocycles. The number of unbranched alkanes of at least 4 members (excludes halogenated alkanes) is 5. The van der Waals surface area contributed by atoms with E-state index < -0.39 is 22.8 Å². The van der Waals surface area contributed by atoms with Crippen LogP contribution in [0.25, 0.3) is 22.2 Å². The first-order valence-corrected chi connectivity index (χ1v) is 12.5. The van der Waals surface area contributed by atoms with Gasteiger partial charge in [0.25, 0.3) is 5.56 Å². The quantitative estimate of drug-likeness (QED) is 0.282. The number of aromatic carboxylic acids is 1. The van der Waals surface area contributed by atoms with Gasteiger partial charge in [-0.1, -0.05) is 39.0 Å². The van der Waals surface area contributed by atoms with Crippen molar-refractivity contribution in [3.8, 4) is 17.0 Å². The van der Waals surface area contributed by atoms with Crippen LogP contribution in [0.1, 0.15) is 79.0 Å². The lowest BCUT2D eigenvalue weighted by molar-refractivity contribution is 0.0691. The minimum absolute atomic E-state index is 0. The van der Waals surface area contributed by atoms with Gasteiger partial charge < -0.3 is 25.1 Å². The van der Waals surface area contributed by atoms with Crippen molar-refractivity contribution in [1.82, 2.24) is 14.9 Å². The Morgan fingerprint density at radius 3 is 2.60 bits per heavy atom. The van der Waals surface area contributed by atoms with Crippen LogP contribution < -0.4 is 10.9 Å². The normalized spacial score (nSPS) is 12.6. The maximum absolute atomic E-state index is 12.4. The van der Waals surface area contributed by atoms with Crippen LogP contribution in [0.4, 0.5) is 0 Å². The number of halogens is 1. The molecule has 35 heavy (non-hydrogen) atoms. The monoisotopic (exact) mass is 501 g/mol. The van der Waals surface area contributed by atoms with E-state index in [2.05, 4.69) is 47.0 Å². The Kier molecular flexibility index (Phi) is 9.03. The molecule has 0 saturated carbocycles. The summed E-state index contributed by atoms with van der Waals surface area (Å²) in [5.41, 5.74) is 3.97. The molecule has 1 aliphatic carbocycles. The predicted octanol–water partition coefficient (Wildman–Crippen LogP) is 5.30. The van der Waals surface area contributed by atoms with Crippen molar-refractivity contribution in [3.63, 3.8) is 0 Å². The van der Waals surface area contributed by atoms with E-state index in [0.29, 0.717) is 17.7 Å². The highest BCUT2D eigenvalue weighted by Crippen LogP contribution is 2.38. The van der Waals surface area contributed by atoms with Crippen LogP contribution in [-0.2, 0) is 26.4 Å². The first kappa shape index (κ1) is 26.8. The predicted molar refractivity (Wildman–Crippen MR) is 142 cm³/mol. The summed E-state index contributed by atoms with van der Waals surface area (Å²) in [6.45, 7) is 4.03. The van der Waals surface area contributed by atoms with Gasteiger partial charge in [-0.05, 0) is 56.0 Å². The van der Waals surface area contributed by atoms with Crippen molar-refractivity contribution in [2.75, 3.05) is 6.54 Å². The third kappa shape index (κ3) is 5.57. The summed E-state index contributed by atoms with van der Waals surface area (Å²) >= 11 is 0. The number of pyridine rings is 1. The molecule has 0 unspecified atom stereocenters. The summed E-state index contributed by atoms with van der Waals surface area (Å²) < 4.78 is 2.21. The van der Waals surface area contributed by atoms with E-state index in [1.54, 1.807) is 0 Å². The number of aromatic amines is 1. The van der Waals surface area contributed by atoms with Gasteiger partial charge in [0.1, 0.15) is 5.75 Å². The lowest BCUT2D eigenvalue weighted by Crippen LogP contribution is -2.20. The minimum Gasteiger partial charge on any atom is -0.506 e. The molecule has 0 fully saturated rings. The van der Waals surface area contributed by atoms with Gasteiger partial charge in [-0.3, -0.25) is 4.79 Å². The molecule has 3 aromatic rings. The molecule has 1 aromatic carbocycles. The zero-order chi connectivity index (χ0) is 24.2. The highest BCUT2D eigenvalue weighted by molar-refractivity contribution is 5.93. The lowest BCUT2D eigenvalue weighted by Gasteiger charge is -2.13. The number of H-pyrrole nitrogens is 1. The zero-order valence-electron chi connectivity index (χ0n) is 20.6. The van der Waals surface area contributed by atoms with Crippen molar-refractivity contribution in [3.05, 3.63) is 50.9 Å². The van der Waals surface area contributed by atoms with Crippen molar-refractivity contribution < 1.29 is 15.0 Å². The van der Waals surface area contributed by atoms with Gasteiger partial charge in [-0.25, -0.2) is 4.79 Å². The molecule has 0 radical (unpaired) electrons. The number of carbonyl (C=O) groups is 1. The van der Waals surface area contributed by atoms with E-state index in [0.717, 1.165) is 48.0 Å². The number of fused-ring (bicyclic) bond motifs is 4. The van der Waals surface area contributed by atoms with Crippen molar-refractivity contribution in [1.29, 1.82) is 0 Å². The first-order valence-electron chi connectivity index (χ1n) is 12.5. The number of nitrogens with zero attached hydrogens (tertiary/aromatic N) is 1. The Morgan fingerprint density at radius 1 is 1.11 bits per heavy atom. The van der Waals surface area contributed by atoms with Gasteiger partial charge in [0.15, 0.2) is 5.56 Å². The molecule has 0 bridgehead atoms. The molecule has 4 rings (SSSR count). The summed E-state index contributed by atoms with van der Waals surface area (Å²) in [7, 11) is 2.08. The number of carboxylic acid groups (broad SMARTS) is 1. The molecular formula is C27H36ClN3O4. The second kappa shape index (κ2) is 11.8. The van der Waals surface area contributed by atoms with Gasteiger partial charge in [0.05, 0.1) is 5.69 Å². The Morgan fingerprint density at radius 2 is 1.86 bits per heavy atom. The maximum Gasteiger partial charge on any atom is 0.345 e. The van der Waals surface area contributed by atoms with Gasteiger partial charge in [-0.2, -0.15) is 0 Å². The summed E-state index contributed by atoms with van der Waals surface area (Å²) in [6, 6.07) is 6.39. The number of benzene rings is 1.